The highest BCUT2D eigenvalue weighted by Crippen LogP contribution is 2.27. The Bertz CT molecular complexity index is 676. The van der Waals surface area contributed by atoms with Crippen LogP contribution in [-0.4, -0.2) is 47.8 Å². The van der Waals surface area contributed by atoms with E-state index in [2.05, 4.69) is 0 Å². The first-order chi connectivity index (χ1) is 12.1. The van der Waals surface area contributed by atoms with Crippen LogP contribution in [0.15, 0.2) is 24.3 Å². The minimum Gasteiger partial charge on any atom is -0.342 e. The van der Waals surface area contributed by atoms with E-state index in [0.717, 1.165) is 44.3 Å². The highest BCUT2D eigenvalue weighted by atomic mass is 35.5. The molecule has 2 fully saturated rings. The number of carbonyl (C=O) groups is 2. The molecule has 0 saturated carbocycles. The summed E-state index contributed by atoms with van der Waals surface area (Å²) in [6, 6.07) is 5.33. The standard InChI is InChI=1S/C19H22Cl2N2O2/c20-16-5-3-4-14(18(16)21)6-7-17(24)22-12-8-15(9-13-22)19(25)23-10-1-2-11-23/h3-7,15H,1-2,8-13H2/b7-6+. The van der Waals surface area contributed by atoms with Crippen LogP contribution in [0.25, 0.3) is 6.08 Å². The Morgan fingerprint density at radius 3 is 2.36 bits per heavy atom. The van der Waals surface area contributed by atoms with E-state index in [1.165, 1.54) is 6.08 Å². The average Bonchev–Trinajstić information content (AvgIpc) is 3.17. The predicted octanol–water partition coefficient (Wildman–Crippen LogP) is 3.87. The van der Waals surface area contributed by atoms with Crippen LogP contribution in [-0.2, 0) is 9.59 Å². The number of halogens is 2. The monoisotopic (exact) mass is 380 g/mol. The smallest absolute Gasteiger partial charge is 0.246 e. The highest BCUT2D eigenvalue weighted by Gasteiger charge is 2.30. The molecule has 2 amide bonds. The number of likely N-dealkylation sites (tertiary alicyclic amines) is 2. The quantitative estimate of drug-likeness (QED) is 0.746. The molecule has 3 rings (SSSR count). The predicted molar refractivity (Wildman–Crippen MR) is 101 cm³/mol. The second-order valence-corrected chi connectivity index (χ2v) is 7.39. The van der Waals surface area contributed by atoms with Gasteiger partial charge in [0.1, 0.15) is 0 Å². The summed E-state index contributed by atoms with van der Waals surface area (Å²) in [5.74, 6) is 0.280. The summed E-state index contributed by atoms with van der Waals surface area (Å²) in [4.78, 5) is 28.6. The summed E-state index contributed by atoms with van der Waals surface area (Å²) in [6.45, 7) is 3.02. The first-order valence-electron chi connectivity index (χ1n) is 8.76. The zero-order valence-corrected chi connectivity index (χ0v) is 15.6. The molecule has 0 N–H and O–H groups in total. The first-order valence-corrected chi connectivity index (χ1v) is 9.51. The fourth-order valence-electron chi connectivity index (χ4n) is 3.46. The van der Waals surface area contributed by atoms with Gasteiger partial charge in [0.15, 0.2) is 0 Å². The number of rotatable bonds is 3. The summed E-state index contributed by atoms with van der Waals surface area (Å²) >= 11 is 12.1. The lowest BCUT2D eigenvalue weighted by Crippen LogP contribution is -2.43. The van der Waals surface area contributed by atoms with Crippen LogP contribution in [0, 0.1) is 5.92 Å². The van der Waals surface area contributed by atoms with E-state index < -0.39 is 0 Å². The molecule has 25 heavy (non-hydrogen) atoms. The van der Waals surface area contributed by atoms with E-state index in [9.17, 15) is 9.59 Å². The lowest BCUT2D eigenvalue weighted by atomic mass is 9.95. The molecule has 0 bridgehead atoms. The van der Waals surface area contributed by atoms with Crippen LogP contribution >= 0.6 is 23.2 Å². The molecule has 134 valence electrons. The number of hydrogen-bond donors (Lipinski definition) is 0. The van der Waals surface area contributed by atoms with Crippen LogP contribution in [0.5, 0.6) is 0 Å². The maximum Gasteiger partial charge on any atom is 0.246 e. The summed E-state index contributed by atoms with van der Waals surface area (Å²) in [7, 11) is 0. The van der Waals surface area contributed by atoms with Crippen molar-refractivity contribution in [1.82, 2.24) is 9.80 Å². The topological polar surface area (TPSA) is 40.6 Å². The largest absolute Gasteiger partial charge is 0.342 e. The Morgan fingerprint density at radius 2 is 1.68 bits per heavy atom. The normalized spacial score (nSPS) is 19.0. The molecule has 0 unspecified atom stereocenters. The van der Waals surface area contributed by atoms with Crippen LogP contribution in [0.1, 0.15) is 31.2 Å². The summed E-state index contributed by atoms with van der Waals surface area (Å²) in [5, 5.41) is 0.917. The van der Waals surface area contributed by atoms with Gasteiger partial charge in [-0.1, -0.05) is 35.3 Å². The molecule has 1 aromatic rings. The van der Waals surface area contributed by atoms with Gasteiger partial charge in [-0.2, -0.15) is 0 Å². The van der Waals surface area contributed by atoms with Crippen LogP contribution in [0.2, 0.25) is 10.0 Å². The molecular weight excluding hydrogens is 359 g/mol. The Kier molecular flexibility index (Phi) is 6.02. The van der Waals surface area contributed by atoms with Gasteiger partial charge >= 0.3 is 0 Å². The number of hydrogen-bond acceptors (Lipinski definition) is 2. The molecular formula is C19H22Cl2N2O2. The minimum absolute atomic E-state index is 0.0527. The summed E-state index contributed by atoms with van der Waals surface area (Å²) in [5.41, 5.74) is 0.724. The van der Waals surface area contributed by atoms with Crippen molar-refractivity contribution in [1.29, 1.82) is 0 Å². The van der Waals surface area contributed by atoms with E-state index >= 15 is 0 Å². The van der Waals surface area contributed by atoms with Crippen LogP contribution in [0.4, 0.5) is 0 Å². The third kappa shape index (κ3) is 4.36. The van der Waals surface area contributed by atoms with E-state index in [4.69, 9.17) is 23.2 Å². The van der Waals surface area contributed by atoms with E-state index in [0.29, 0.717) is 23.1 Å². The van der Waals surface area contributed by atoms with Gasteiger partial charge in [0.2, 0.25) is 11.8 Å². The van der Waals surface area contributed by atoms with Gasteiger partial charge in [0.25, 0.3) is 0 Å². The van der Waals surface area contributed by atoms with Crippen molar-refractivity contribution < 1.29 is 9.59 Å². The van der Waals surface area contributed by atoms with Crippen molar-refractivity contribution in [3.05, 3.63) is 39.9 Å². The lowest BCUT2D eigenvalue weighted by molar-refractivity contribution is -0.138. The number of amides is 2. The van der Waals surface area contributed by atoms with Gasteiger partial charge in [-0.25, -0.2) is 0 Å². The molecule has 2 aliphatic rings. The Labute approximate surface area is 158 Å². The molecule has 2 heterocycles. The van der Waals surface area contributed by atoms with Gasteiger partial charge < -0.3 is 9.80 Å². The molecule has 2 saturated heterocycles. The molecule has 6 heteroatoms. The number of benzene rings is 1. The fourth-order valence-corrected chi connectivity index (χ4v) is 3.83. The highest BCUT2D eigenvalue weighted by molar-refractivity contribution is 6.42. The lowest BCUT2D eigenvalue weighted by Gasteiger charge is -2.32. The van der Waals surface area contributed by atoms with E-state index in [-0.39, 0.29) is 17.7 Å². The molecule has 0 spiro atoms. The maximum absolute atomic E-state index is 12.4. The molecule has 0 aliphatic carbocycles. The Hall–Kier alpha value is -1.52. The second-order valence-electron chi connectivity index (χ2n) is 6.61. The summed E-state index contributed by atoms with van der Waals surface area (Å²) < 4.78 is 0. The molecule has 2 aliphatic heterocycles. The van der Waals surface area contributed by atoms with Crippen molar-refractivity contribution in [3.63, 3.8) is 0 Å². The molecule has 0 aromatic heterocycles. The third-order valence-electron chi connectivity index (χ3n) is 4.96. The van der Waals surface area contributed by atoms with Crippen molar-refractivity contribution in [3.8, 4) is 0 Å². The second kappa shape index (κ2) is 8.24. The van der Waals surface area contributed by atoms with Crippen molar-refractivity contribution in [2.24, 2.45) is 5.92 Å². The van der Waals surface area contributed by atoms with Gasteiger partial charge in [0, 0.05) is 38.2 Å². The Morgan fingerprint density at radius 1 is 1.00 bits per heavy atom. The first kappa shape index (κ1) is 18.3. The van der Waals surface area contributed by atoms with Gasteiger partial charge in [-0.15, -0.1) is 0 Å². The SMILES string of the molecule is O=C(/C=C/c1cccc(Cl)c1Cl)N1CCC(C(=O)N2CCCC2)CC1. The number of carbonyl (C=O) groups excluding carboxylic acids is 2. The van der Waals surface area contributed by atoms with Gasteiger partial charge in [-0.05, 0) is 43.4 Å². The Balaban J connectivity index is 1.53. The zero-order valence-electron chi connectivity index (χ0n) is 14.1. The molecule has 4 nitrogen and oxygen atoms in total. The fraction of sp³-hybridized carbons (Fsp3) is 0.474. The minimum atomic E-state index is -0.0527. The summed E-state index contributed by atoms with van der Waals surface area (Å²) in [6.07, 6.45) is 6.93. The van der Waals surface area contributed by atoms with Crippen molar-refractivity contribution in [2.75, 3.05) is 26.2 Å². The third-order valence-corrected chi connectivity index (χ3v) is 5.79. The van der Waals surface area contributed by atoms with Crippen molar-refractivity contribution in [2.45, 2.75) is 25.7 Å². The molecule has 1 aromatic carbocycles. The number of nitrogens with zero attached hydrogens (tertiary/aromatic N) is 2. The van der Waals surface area contributed by atoms with Crippen LogP contribution in [0.3, 0.4) is 0 Å². The molecule has 0 radical (unpaired) electrons. The van der Waals surface area contributed by atoms with Gasteiger partial charge in [0.05, 0.1) is 10.0 Å². The van der Waals surface area contributed by atoms with E-state index in [1.807, 2.05) is 11.0 Å². The maximum atomic E-state index is 12.4. The number of piperidine rings is 1. The average molecular weight is 381 g/mol. The van der Waals surface area contributed by atoms with Gasteiger partial charge in [-0.3, -0.25) is 9.59 Å². The van der Waals surface area contributed by atoms with Crippen molar-refractivity contribution >= 4 is 41.1 Å². The van der Waals surface area contributed by atoms with E-state index in [1.54, 1.807) is 23.1 Å². The van der Waals surface area contributed by atoms with Crippen LogP contribution < -0.4 is 0 Å². The molecule has 0 atom stereocenters. The zero-order chi connectivity index (χ0) is 17.8.